The summed E-state index contributed by atoms with van der Waals surface area (Å²) >= 11 is 0. The van der Waals surface area contributed by atoms with Gasteiger partial charge in [0.25, 0.3) is 11.8 Å². The van der Waals surface area contributed by atoms with E-state index in [9.17, 15) is 14.4 Å². The van der Waals surface area contributed by atoms with Gasteiger partial charge in [-0.25, -0.2) is 0 Å². The maximum absolute atomic E-state index is 12.8. The van der Waals surface area contributed by atoms with Crippen molar-refractivity contribution in [3.8, 4) is 0 Å². The van der Waals surface area contributed by atoms with Gasteiger partial charge in [-0.15, -0.1) is 0 Å². The number of imide groups is 1. The van der Waals surface area contributed by atoms with Gasteiger partial charge in [0.05, 0.1) is 26.3 Å². The molecule has 7 heteroatoms. The first-order chi connectivity index (χ1) is 13.1. The molecule has 2 aromatic rings. The molecule has 2 aliphatic rings. The average Bonchev–Trinajstić information content (AvgIpc) is 2.70. The van der Waals surface area contributed by atoms with Gasteiger partial charge >= 0.3 is 0 Å². The van der Waals surface area contributed by atoms with E-state index in [1.165, 1.54) is 4.90 Å². The first-order valence-electron chi connectivity index (χ1n) is 9.21. The number of ether oxygens (including phenoxy) is 1. The summed E-state index contributed by atoms with van der Waals surface area (Å²) in [6.07, 6.45) is 0. The van der Waals surface area contributed by atoms with E-state index in [2.05, 4.69) is 5.32 Å². The molecule has 0 atom stereocenters. The van der Waals surface area contributed by atoms with Crippen molar-refractivity contribution in [3.05, 3.63) is 47.5 Å². The second-order valence-corrected chi connectivity index (χ2v) is 6.87. The van der Waals surface area contributed by atoms with E-state index in [0.29, 0.717) is 23.1 Å². The highest BCUT2D eigenvalue weighted by Crippen LogP contribution is 2.29. The van der Waals surface area contributed by atoms with Crippen molar-refractivity contribution >= 4 is 28.5 Å². The number of nitrogens with zero attached hydrogens (tertiary/aromatic N) is 1. The van der Waals surface area contributed by atoms with Gasteiger partial charge < -0.3 is 15.0 Å². The number of rotatable bonds is 5. The van der Waals surface area contributed by atoms with E-state index in [-0.39, 0.29) is 12.5 Å². The summed E-state index contributed by atoms with van der Waals surface area (Å²) in [6.45, 7) is 4.39. The summed E-state index contributed by atoms with van der Waals surface area (Å²) in [5.41, 5.74) is 0.932. The summed E-state index contributed by atoms with van der Waals surface area (Å²) in [5, 5.41) is 4.34. The third-order valence-corrected chi connectivity index (χ3v) is 5.16. The molecule has 140 valence electrons. The number of benzene rings is 2. The second-order valence-electron chi connectivity index (χ2n) is 6.87. The Balaban J connectivity index is 1.43. The lowest BCUT2D eigenvalue weighted by Gasteiger charge is -2.27. The minimum Gasteiger partial charge on any atom is -0.370 e. The summed E-state index contributed by atoms with van der Waals surface area (Å²) in [5.74, 6) is -1.16. The van der Waals surface area contributed by atoms with Gasteiger partial charge in [-0.05, 0) is 17.5 Å². The third kappa shape index (κ3) is 3.43. The Morgan fingerprint density at radius 1 is 1.04 bits per heavy atom. The predicted molar refractivity (Wildman–Crippen MR) is 98.7 cm³/mol. The SMILES string of the molecule is O=C(CN1C(=O)c2cccc3cccc(c23)C1=O)NCC[NH+]1CCOCC1. The molecule has 0 unspecified atom stereocenters. The molecule has 0 aromatic heterocycles. The van der Waals surface area contributed by atoms with Crippen molar-refractivity contribution in [2.24, 2.45) is 0 Å². The van der Waals surface area contributed by atoms with Crippen molar-refractivity contribution in [2.75, 3.05) is 45.9 Å². The highest BCUT2D eigenvalue weighted by molar-refractivity contribution is 6.26. The molecule has 0 saturated carbocycles. The number of morpholine rings is 1. The van der Waals surface area contributed by atoms with Gasteiger partial charge in [0.2, 0.25) is 5.91 Å². The smallest absolute Gasteiger partial charge is 0.261 e. The maximum atomic E-state index is 12.8. The molecular formula is C20H22N3O4+. The van der Waals surface area contributed by atoms with Gasteiger partial charge in [0.15, 0.2) is 0 Å². The highest BCUT2D eigenvalue weighted by atomic mass is 16.5. The Morgan fingerprint density at radius 3 is 2.30 bits per heavy atom. The number of hydrogen-bond acceptors (Lipinski definition) is 4. The summed E-state index contributed by atoms with van der Waals surface area (Å²) in [6, 6.07) is 10.7. The molecule has 2 heterocycles. The number of amides is 3. The van der Waals surface area contributed by atoms with Gasteiger partial charge in [-0.1, -0.05) is 24.3 Å². The molecule has 1 fully saturated rings. The Kier molecular flexibility index (Phi) is 4.87. The van der Waals surface area contributed by atoms with Crippen molar-refractivity contribution in [2.45, 2.75) is 0 Å². The van der Waals surface area contributed by atoms with Crippen LogP contribution in [0.15, 0.2) is 36.4 Å². The summed E-state index contributed by atoms with van der Waals surface area (Å²) < 4.78 is 5.31. The quantitative estimate of drug-likeness (QED) is 0.696. The van der Waals surface area contributed by atoms with E-state index in [1.807, 2.05) is 12.1 Å². The Hall–Kier alpha value is -2.77. The van der Waals surface area contributed by atoms with Crippen LogP contribution in [0.2, 0.25) is 0 Å². The predicted octanol–water partition coefficient (Wildman–Crippen LogP) is -0.533. The molecule has 0 spiro atoms. The monoisotopic (exact) mass is 368 g/mol. The molecule has 2 aliphatic heterocycles. The fraction of sp³-hybridized carbons (Fsp3) is 0.350. The molecule has 2 aromatic carbocycles. The molecule has 0 radical (unpaired) electrons. The van der Waals surface area contributed by atoms with Crippen molar-refractivity contribution in [1.82, 2.24) is 10.2 Å². The number of nitrogens with one attached hydrogen (secondary N) is 2. The third-order valence-electron chi connectivity index (χ3n) is 5.16. The van der Waals surface area contributed by atoms with Crippen LogP contribution in [0.25, 0.3) is 10.8 Å². The van der Waals surface area contributed by atoms with E-state index in [4.69, 9.17) is 4.74 Å². The Morgan fingerprint density at radius 2 is 1.67 bits per heavy atom. The second kappa shape index (κ2) is 7.46. The van der Waals surface area contributed by atoms with Crippen LogP contribution in [-0.4, -0.2) is 68.6 Å². The normalized spacial score (nSPS) is 17.4. The lowest BCUT2D eigenvalue weighted by atomic mass is 9.94. The van der Waals surface area contributed by atoms with Crippen LogP contribution in [-0.2, 0) is 9.53 Å². The van der Waals surface area contributed by atoms with Crippen molar-refractivity contribution in [1.29, 1.82) is 0 Å². The standard InChI is InChI=1S/C20H21N3O4/c24-17(21-7-8-22-9-11-27-12-10-22)13-23-19(25)15-5-1-3-14-4-2-6-16(18(14)15)20(23)26/h1-6H,7-13H2,(H,21,24)/p+1. The van der Waals surface area contributed by atoms with E-state index >= 15 is 0 Å². The van der Waals surface area contributed by atoms with Gasteiger partial charge in [-0.2, -0.15) is 0 Å². The fourth-order valence-electron chi connectivity index (χ4n) is 3.71. The minimum atomic E-state index is -0.418. The maximum Gasteiger partial charge on any atom is 0.261 e. The zero-order chi connectivity index (χ0) is 18.8. The molecule has 4 rings (SSSR count). The number of carbonyl (C=O) groups excluding carboxylic acids is 3. The lowest BCUT2D eigenvalue weighted by molar-refractivity contribution is -0.906. The van der Waals surface area contributed by atoms with Crippen molar-refractivity contribution < 1.29 is 24.0 Å². The van der Waals surface area contributed by atoms with E-state index in [0.717, 1.165) is 43.1 Å². The topological polar surface area (TPSA) is 80.2 Å². The highest BCUT2D eigenvalue weighted by Gasteiger charge is 2.33. The van der Waals surface area contributed by atoms with Crippen molar-refractivity contribution in [3.63, 3.8) is 0 Å². The number of quaternary nitrogens is 1. The van der Waals surface area contributed by atoms with Crippen LogP contribution in [0.1, 0.15) is 20.7 Å². The molecule has 27 heavy (non-hydrogen) atoms. The zero-order valence-electron chi connectivity index (χ0n) is 15.0. The van der Waals surface area contributed by atoms with E-state index in [1.54, 1.807) is 24.3 Å². The fourth-order valence-corrected chi connectivity index (χ4v) is 3.71. The van der Waals surface area contributed by atoms with Crippen LogP contribution in [0, 0.1) is 0 Å². The molecular weight excluding hydrogens is 346 g/mol. The first kappa shape index (κ1) is 17.6. The number of carbonyl (C=O) groups is 3. The van der Waals surface area contributed by atoms with Crippen LogP contribution in [0.3, 0.4) is 0 Å². The molecule has 1 saturated heterocycles. The number of hydrogen-bond donors (Lipinski definition) is 2. The molecule has 7 nitrogen and oxygen atoms in total. The Labute approximate surface area is 156 Å². The van der Waals surface area contributed by atoms with Gasteiger partial charge in [0.1, 0.15) is 19.6 Å². The van der Waals surface area contributed by atoms with Crippen LogP contribution in [0.5, 0.6) is 0 Å². The van der Waals surface area contributed by atoms with Gasteiger partial charge in [-0.3, -0.25) is 19.3 Å². The summed E-state index contributed by atoms with van der Waals surface area (Å²) in [7, 11) is 0. The summed E-state index contributed by atoms with van der Waals surface area (Å²) in [4.78, 5) is 40.3. The molecule has 0 aliphatic carbocycles. The van der Waals surface area contributed by atoms with Crippen LogP contribution in [0.4, 0.5) is 0 Å². The van der Waals surface area contributed by atoms with Crippen LogP contribution < -0.4 is 10.2 Å². The lowest BCUT2D eigenvalue weighted by Crippen LogP contribution is -3.14. The molecule has 2 N–H and O–H groups in total. The molecule has 3 amide bonds. The Bertz CT molecular complexity index is 854. The molecule has 0 bridgehead atoms. The largest absolute Gasteiger partial charge is 0.370 e. The zero-order valence-corrected chi connectivity index (χ0v) is 15.0. The first-order valence-corrected chi connectivity index (χ1v) is 9.21. The average molecular weight is 368 g/mol. The minimum absolute atomic E-state index is 0.263. The van der Waals surface area contributed by atoms with Crippen LogP contribution >= 0.6 is 0 Å². The van der Waals surface area contributed by atoms with Gasteiger partial charge in [0, 0.05) is 16.5 Å². The van der Waals surface area contributed by atoms with E-state index < -0.39 is 11.8 Å².